The average molecular weight is 269 g/mol. The molecule has 0 atom stereocenters. The minimum absolute atomic E-state index is 0.311. The lowest BCUT2D eigenvalue weighted by Gasteiger charge is -2.26. The van der Waals surface area contributed by atoms with Gasteiger partial charge in [0.05, 0.1) is 0 Å². The highest BCUT2D eigenvalue weighted by molar-refractivity contribution is 7.14. The first-order valence-corrected chi connectivity index (χ1v) is 7.17. The third-order valence-electron chi connectivity index (χ3n) is 3.13. The lowest BCUT2D eigenvalue weighted by Crippen LogP contribution is -2.33. The average Bonchev–Trinajstić information content (AvgIpc) is 2.72. The largest absolute Gasteiger partial charge is 0.490 e. The van der Waals surface area contributed by atoms with Gasteiger partial charge >= 0.3 is 5.97 Å². The number of thiophene rings is 1. The van der Waals surface area contributed by atoms with Gasteiger partial charge in [0.1, 0.15) is 12.4 Å². The van der Waals surface area contributed by atoms with Crippen molar-refractivity contribution in [3.05, 3.63) is 15.8 Å². The molecule has 1 fully saturated rings. The Morgan fingerprint density at radius 2 is 2.17 bits per heavy atom. The van der Waals surface area contributed by atoms with Crippen molar-refractivity contribution < 1.29 is 14.6 Å². The van der Waals surface area contributed by atoms with Crippen LogP contribution in [-0.2, 0) is 0 Å². The molecule has 1 saturated heterocycles. The SMILES string of the molecule is Cc1cc(OCCN2CCCCC2)c(C(=O)O)s1. The van der Waals surface area contributed by atoms with Crippen LogP contribution in [-0.4, -0.2) is 42.2 Å². The second-order valence-electron chi connectivity index (χ2n) is 4.61. The highest BCUT2D eigenvalue weighted by Crippen LogP contribution is 2.28. The Morgan fingerprint density at radius 1 is 1.44 bits per heavy atom. The van der Waals surface area contributed by atoms with Crippen molar-refractivity contribution in [3.63, 3.8) is 0 Å². The molecule has 1 aliphatic rings. The normalized spacial score (nSPS) is 16.7. The molecular weight excluding hydrogens is 250 g/mol. The summed E-state index contributed by atoms with van der Waals surface area (Å²) >= 11 is 1.27. The number of likely N-dealkylation sites (tertiary alicyclic amines) is 1. The van der Waals surface area contributed by atoms with E-state index in [1.54, 1.807) is 0 Å². The van der Waals surface area contributed by atoms with Crippen molar-refractivity contribution in [1.82, 2.24) is 4.90 Å². The second-order valence-corrected chi connectivity index (χ2v) is 5.86. The standard InChI is InChI=1S/C13H19NO3S/c1-10-9-11(12(18-10)13(15)16)17-8-7-14-5-3-2-4-6-14/h9H,2-8H2,1H3,(H,15,16). The van der Waals surface area contributed by atoms with Crippen molar-refractivity contribution in [1.29, 1.82) is 0 Å². The summed E-state index contributed by atoms with van der Waals surface area (Å²) in [4.78, 5) is 14.7. The number of carbonyl (C=O) groups is 1. The van der Waals surface area contributed by atoms with Crippen LogP contribution >= 0.6 is 11.3 Å². The Morgan fingerprint density at radius 3 is 2.83 bits per heavy atom. The molecule has 1 aromatic heterocycles. The van der Waals surface area contributed by atoms with Gasteiger partial charge in [-0.15, -0.1) is 11.3 Å². The van der Waals surface area contributed by atoms with Gasteiger partial charge in [-0.2, -0.15) is 0 Å². The molecule has 1 aliphatic heterocycles. The van der Waals surface area contributed by atoms with Crippen LogP contribution in [0.4, 0.5) is 0 Å². The van der Waals surface area contributed by atoms with E-state index in [1.807, 2.05) is 13.0 Å². The molecule has 0 aliphatic carbocycles. The van der Waals surface area contributed by atoms with Crippen LogP contribution in [0.1, 0.15) is 33.8 Å². The van der Waals surface area contributed by atoms with Crippen LogP contribution in [0.5, 0.6) is 5.75 Å². The van der Waals surface area contributed by atoms with Gasteiger partial charge in [-0.3, -0.25) is 4.90 Å². The molecule has 0 aromatic carbocycles. The van der Waals surface area contributed by atoms with Gasteiger partial charge < -0.3 is 9.84 Å². The molecule has 0 amide bonds. The monoisotopic (exact) mass is 269 g/mol. The number of carboxylic acid groups (broad SMARTS) is 1. The molecule has 1 aromatic rings. The molecule has 5 heteroatoms. The van der Waals surface area contributed by atoms with Gasteiger partial charge in [-0.1, -0.05) is 6.42 Å². The summed E-state index contributed by atoms with van der Waals surface area (Å²) in [6.07, 6.45) is 3.85. The molecular formula is C13H19NO3S. The minimum Gasteiger partial charge on any atom is -0.490 e. The zero-order valence-corrected chi connectivity index (χ0v) is 11.5. The molecule has 4 nitrogen and oxygen atoms in total. The third kappa shape index (κ3) is 3.46. The maximum absolute atomic E-state index is 11.0. The van der Waals surface area contributed by atoms with Crippen LogP contribution in [0.2, 0.25) is 0 Å². The van der Waals surface area contributed by atoms with Crippen LogP contribution in [0.15, 0.2) is 6.07 Å². The fourth-order valence-corrected chi connectivity index (χ4v) is 3.01. The fraction of sp³-hybridized carbons (Fsp3) is 0.615. The van der Waals surface area contributed by atoms with Crippen molar-refractivity contribution >= 4 is 17.3 Å². The van der Waals surface area contributed by atoms with E-state index in [1.165, 1.54) is 30.6 Å². The first kappa shape index (κ1) is 13.4. The van der Waals surface area contributed by atoms with Gasteiger partial charge in [0.2, 0.25) is 0 Å². The molecule has 1 N–H and O–H groups in total. The van der Waals surface area contributed by atoms with E-state index < -0.39 is 5.97 Å². The lowest BCUT2D eigenvalue weighted by molar-refractivity contribution is 0.0697. The summed E-state index contributed by atoms with van der Waals surface area (Å²) in [5.74, 6) is -0.386. The third-order valence-corrected chi connectivity index (χ3v) is 4.15. The number of nitrogens with zero attached hydrogens (tertiary/aromatic N) is 1. The summed E-state index contributed by atoms with van der Waals surface area (Å²) in [6.45, 7) is 5.62. The predicted molar refractivity (Wildman–Crippen MR) is 71.8 cm³/mol. The molecule has 0 spiro atoms. The number of piperidine rings is 1. The Bertz CT molecular complexity index is 410. The van der Waals surface area contributed by atoms with Crippen LogP contribution in [0.25, 0.3) is 0 Å². The zero-order valence-electron chi connectivity index (χ0n) is 10.6. The molecule has 0 unspecified atom stereocenters. The minimum atomic E-state index is -0.902. The first-order chi connectivity index (χ1) is 8.66. The molecule has 0 bridgehead atoms. The predicted octanol–water partition coefficient (Wildman–Crippen LogP) is 2.62. The molecule has 100 valence electrons. The first-order valence-electron chi connectivity index (χ1n) is 6.35. The maximum Gasteiger partial charge on any atom is 0.349 e. The summed E-state index contributed by atoms with van der Waals surface area (Å²) in [5, 5.41) is 9.05. The highest BCUT2D eigenvalue weighted by atomic mass is 32.1. The Labute approximate surface area is 111 Å². The number of hydrogen-bond acceptors (Lipinski definition) is 4. The topological polar surface area (TPSA) is 49.8 Å². The van der Waals surface area contributed by atoms with Gasteiger partial charge in [-0.25, -0.2) is 4.79 Å². The summed E-state index contributed by atoms with van der Waals surface area (Å²) in [5.41, 5.74) is 0. The molecule has 2 rings (SSSR count). The van der Waals surface area contributed by atoms with E-state index in [0.717, 1.165) is 24.5 Å². The number of carboxylic acids is 1. The second kappa shape index (κ2) is 6.20. The summed E-state index contributed by atoms with van der Waals surface area (Å²) in [6, 6.07) is 1.81. The van der Waals surface area contributed by atoms with E-state index >= 15 is 0 Å². The van der Waals surface area contributed by atoms with E-state index in [4.69, 9.17) is 9.84 Å². The van der Waals surface area contributed by atoms with E-state index in [2.05, 4.69) is 4.90 Å². The summed E-state index contributed by atoms with van der Waals surface area (Å²) in [7, 11) is 0. The molecule has 18 heavy (non-hydrogen) atoms. The van der Waals surface area contributed by atoms with Crippen LogP contribution < -0.4 is 4.74 Å². The van der Waals surface area contributed by atoms with Gasteiger partial charge in [0.15, 0.2) is 4.88 Å². The van der Waals surface area contributed by atoms with E-state index in [0.29, 0.717) is 17.2 Å². The lowest BCUT2D eigenvalue weighted by atomic mass is 10.1. The van der Waals surface area contributed by atoms with Crippen LogP contribution in [0, 0.1) is 6.92 Å². The molecule has 0 saturated carbocycles. The highest BCUT2D eigenvalue weighted by Gasteiger charge is 2.16. The van der Waals surface area contributed by atoms with Crippen LogP contribution in [0.3, 0.4) is 0 Å². The number of ether oxygens (including phenoxy) is 1. The van der Waals surface area contributed by atoms with Crippen molar-refractivity contribution in [2.45, 2.75) is 26.2 Å². The number of rotatable bonds is 5. The fourth-order valence-electron chi connectivity index (χ4n) is 2.21. The zero-order chi connectivity index (χ0) is 13.0. The van der Waals surface area contributed by atoms with Crippen molar-refractivity contribution in [2.75, 3.05) is 26.2 Å². The molecule has 0 radical (unpaired) electrons. The van der Waals surface area contributed by atoms with Gasteiger partial charge in [-0.05, 0) is 38.9 Å². The van der Waals surface area contributed by atoms with E-state index in [9.17, 15) is 4.79 Å². The Balaban J connectivity index is 1.84. The van der Waals surface area contributed by atoms with E-state index in [-0.39, 0.29) is 0 Å². The Kier molecular flexibility index (Phi) is 4.60. The number of aryl methyl sites for hydroxylation is 1. The number of aromatic carboxylic acids is 1. The molecule has 2 heterocycles. The van der Waals surface area contributed by atoms with Gasteiger partial charge in [0, 0.05) is 11.4 Å². The number of hydrogen-bond donors (Lipinski definition) is 1. The van der Waals surface area contributed by atoms with Crippen molar-refractivity contribution in [3.8, 4) is 5.75 Å². The quantitative estimate of drug-likeness (QED) is 0.892. The van der Waals surface area contributed by atoms with Gasteiger partial charge in [0.25, 0.3) is 0 Å². The Hall–Kier alpha value is -1.07. The summed E-state index contributed by atoms with van der Waals surface area (Å²) < 4.78 is 5.61. The van der Waals surface area contributed by atoms with Crippen molar-refractivity contribution in [2.24, 2.45) is 0 Å². The maximum atomic E-state index is 11.0. The smallest absolute Gasteiger partial charge is 0.349 e.